The van der Waals surface area contributed by atoms with Gasteiger partial charge in [-0.15, -0.1) is 0 Å². The first kappa shape index (κ1) is 14.9. The van der Waals surface area contributed by atoms with Gasteiger partial charge in [0.2, 0.25) is 0 Å². The van der Waals surface area contributed by atoms with Crippen LogP contribution in [-0.4, -0.2) is 29.2 Å². The summed E-state index contributed by atoms with van der Waals surface area (Å²) in [6, 6.07) is 5.66. The molecule has 1 aromatic carbocycles. The summed E-state index contributed by atoms with van der Waals surface area (Å²) in [4.78, 5) is 14.5. The van der Waals surface area contributed by atoms with Crippen LogP contribution in [0.5, 0.6) is 0 Å². The van der Waals surface area contributed by atoms with Gasteiger partial charge in [-0.2, -0.15) is 0 Å². The van der Waals surface area contributed by atoms with Crippen LogP contribution in [-0.2, 0) is 0 Å². The molecule has 0 spiro atoms. The van der Waals surface area contributed by atoms with E-state index in [0.717, 1.165) is 36.8 Å². The summed E-state index contributed by atoms with van der Waals surface area (Å²) in [6.07, 6.45) is 3.44. The number of halogens is 2. The lowest BCUT2D eigenvalue weighted by Crippen LogP contribution is -2.40. The summed E-state index contributed by atoms with van der Waals surface area (Å²) < 4.78 is 0. The fourth-order valence-electron chi connectivity index (χ4n) is 2.62. The molecule has 0 aliphatic carbocycles. The third-order valence-corrected chi connectivity index (χ3v) is 4.71. The van der Waals surface area contributed by atoms with E-state index in [-0.39, 0.29) is 5.91 Å². The molecule has 0 N–H and O–H groups in total. The number of piperidine rings is 1. The maximum atomic E-state index is 12.6. The monoisotopic (exact) mass is 343 g/mol. The Morgan fingerprint density at radius 2 is 2.32 bits per heavy atom. The van der Waals surface area contributed by atoms with Gasteiger partial charge in [-0.1, -0.05) is 39.7 Å². The Balaban J connectivity index is 2.12. The van der Waals surface area contributed by atoms with Crippen LogP contribution in [0.25, 0.3) is 0 Å². The Morgan fingerprint density at radius 3 is 3.05 bits per heavy atom. The molecule has 1 aliphatic rings. The van der Waals surface area contributed by atoms with Crippen LogP contribution in [0.3, 0.4) is 0 Å². The van der Waals surface area contributed by atoms with Crippen LogP contribution in [0, 0.1) is 12.8 Å². The highest BCUT2D eigenvalue weighted by atomic mass is 79.9. The zero-order valence-corrected chi connectivity index (χ0v) is 13.5. The lowest BCUT2D eigenvalue weighted by Gasteiger charge is -2.33. The number of rotatable bonds is 3. The van der Waals surface area contributed by atoms with Gasteiger partial charge >= 0.3 is 0 Å². The van der Waals surface area contributed by atoms with Crippen LogP contribution < -0.4 is 0 Å². The maximum absolute atomic E-state index is 12.6. The number of aryl methyl sites for hydroxylation is 1. The molecule has 2 nitrogen and oxygen atoms in total. The number of likely N-dealkylation sites (tertiary alicyclic amines) is 1. The smallest absolute Gasteiger partial charge is 0.255 e. The van der Waals surface area contributed by atoms with Crippen LogP contribution in [0.1, 0.15) is 35.2 Å². The lowest BCUT2D eigenvalue weighted by atomic mass is 9.95. The Labute approximate surface area is 128 Å². The van der Waals surface area contributed by atoms with E-state index >= 15 is 0 Å². The number of carbonyl (C=O) groups excluding carboxylic acids is 1. The summed E-state index contributed by atoms with van der Waals surface area (Å²) in [5.41, 5.74) is 1.60. The number of nitrogens with zero attached hydrogens (tertiary/aromatic N) is 1. The molecule has 1 aromatic rings. The highest BCUT2D eigenvalue weighted by molar-refractivity contribution is 9.09. The minimum atomic E-state index is 0.0768. The molecule has 104 valence electrons. The van der Waals surface area contributed by atoms with Crippen molar-refractivity contribution in [3.63, 3.8) is 0 Å². The fraction of sp³-hybridized carbons (Fsp3) is 0.533. The SMILES string of the molecule is Cc1cccc(C(=O)N2CCCC(CCBr)C2)c1Cl. The number of alkyl halides is 1. The van der Waals surface area contributed by atoms with Gasteiger partial charge in [-0.25, -0.2) is 0 Å². The molecule has 4 heteroatoms. The second-order valence-electron chi connectivity index (χ2n) is 5.17. The number of hydrogen-bond donors (Lipinski definition) is 0. The molecule has 1 amide bonds. The van der Waals surface area contributed by atoms with Gasteiger partial charge < -0.3 is 4.90 Å². The average Bonchev–Trinajstić information content (AvgIpc) is 2.42. The first-order valence-corrected chi connectivity index (χ1v) is 8.23. The number of hydrogen-bond acceptors (Lipinski definition) is 1. The third-order valence-electron chi connectivity index (χ3n) is 3.75. The summed E-state index contributed by atoms with van der Waals surface area (Å²) in [5, 5.41) is 1.60. The van der Waals surface area contributed by atoms with Crippen molar-refractivity contribution >= 4 is 33.4 Å². The van der Waals surface area contributed by atoms with E-state index in [4.69, 9.17) is 11.6 Å². The topological polar surface area (TPSA) is 20.3 Å². The van der Waals surface area contributed by atoms with E-state index in [0.29, 0.717) is 16.5 Å². The normalized spacial score (nSPS) is 19.5. The van der Waals surface area contributed by atoms with Gasteiger partial charge in [-0.05, 0) is 43.7 Å². The number of benzene rings is 1. The van der Waals surface area contributed by atoms with E-state index < -0.39 is 0 Å². The van der Waals surface area contributed by atoms with E-state index in [1.165, 1.54) is 6.42 Å². The zero-order chi connectivity index (χ0) is 13.8. The van der Waals surface area contributed by atoms with Crippen molar-refractivity contribution in [1.82, 2.24) is 4.90 Å². The minimum Gasteiger partial charge on any atom is -0.338 e. The molecule has 1 aliphatic heterocycles. The summed E-state index contributed by atoms with van der Waals surface area (Å²) in [5.74, 6) is 0.689. The molecule has 1 unspecified atom stereocenters. The lowest BCUT2D eigenvalue weighted by molar-refractivity contribution is 0.0672. The van der Waals surface area contributed by atoms with Gasteiger partial charge in [0.25, 0.3) is 5.91 Å². The third kappa shape index (κ3) is 3.51. The standard InChI is InChI=1S/C15H19BrClNO/c1-11-4-2-6-13(14(11)17)15(19)18-9-3-5-12(10-18)7-8-16/h2,4,6,12H,3,5,7-10H2,1H3. The predicted molar refractivity (Wildman–Crippen MR) is 83.2 cm³/mol. The Kier molecular flexibility index (Phi) is 5.28. The van der Waals surface area contributed by atoms with Gasteiger partial charge in [0.1, 0.15) is 0 Å². The minimum absolute atomic E-state index is 0.0768. The molecule has 1 atom stereocenters. The van der Waals surface area contributed by atoms with E-state index in [9.17, 15) is 4.79 Å². The number of amides is 1. The second-order valence-corrected chi connectivity index (χ2v) is 6.34. The van der Waals surface area contributed by atoms with Crippen molar-refractivity contribution in [2.75, 3.05) is 18.4 Å². The molecule has 1 fully saturated rings. The van der Waals surface area contributed by atoms with Crippen LogP contribution in [0.2, 0.25) is 5.02 Å². The summed E-state index contributed by atoms with van der Waals surface area (Å²) in [7, 11) is 0. The molecule has 2 rings (SSSR count). The molecule has 1 heterocycles. The van der Waals surface area contributed by atoms with E-state index in [1.54, 1.807) is 0 Å². The predicted octanol–water partition coefficient (Wildman–Crippen LogP) is 4.29. The molecule has 0 bridgehead atoms. The summed E-state index contributed by atoms with van der Waals surface area (Å²) >= 11 is 9.73. The Morgan fingerprint density at radius 1 is 1.53 bits per heavy atom. The van der Waals surface area contributed by atoms with Crippen LogP contribution in [0.4, 0.5) is 0 Å². The second kappa shape index (κ2) is 6.76. The first-order chi connectivity index (χ1) is 9.13. The highest BCUT2D eigenvalue weighted by Crippen LogP contribution is 2.25. The van der Waals surface area contributed by atoms with Gasteiger partial charge in [0.05, 0.1) is 10.6 Å². The molecule has 19 heavy (non-hydrogen) atoms. The van der Waals surface area contributed by atoms with Crippen molar-refractivity contribution < 1.29 is 4.79 Å². The van der Waals surface area contributed by atoms with Gasteiger partial charge in [0, 0.05) is 18.4 Å². The summed E-state index contributed by atoms with van der Waals surface area (Å²) in [6.45, 7) is 3.64. The average molecular weight is 345 g/mol. The zero-order valence-electron chi connectivity index (χ0n) is 11.2. The Bertz CT molecular complexity index is 461. The molecule has 1 saturated heterocycles. The molecule has 0 aromatic heterocycles. The molecular weight excluding hydrogens is 326 g/mol. The van der Waals surface area contributed by atoms with Crippen molar-refractivity contribution in [2.24, 2.45) is 5.92 Å². The number of carbonyl (C=O) groups is 1. The van der Waals surface area contributed by atoms with Crippen molar-refractivity contribution in [2.45, 2.75) is 26.2 Å². The first-order valence-electron chi connectivity index (χ1n) is 6.74. The highest BCUT2D eigenvalue weighted by Gasteiger charge is 2.25. The van der Waals surface area contributed by atoms with Crippen molar-refractivity contribution in [3.05, 3.63) is 34.3 Å². The fourth-order valence-corrected chi connectivity index (χ4v) is 3.48. The van der Waals surface area contributed by atoms with Gasteiger partial charge in [0.15, 0.2) is 0 Å². The van der Waals surface area contributed by atoms with E-state index in [1.807, 2.05) is 30.0 Å². The molecular formula is C15H19BrClNO. The maximum Gasteiger partial charge on any atom is 0.255 e. The molecule has 0 saturated carbocycles. The van der Waals surface area contributed by atoms with Crippen molar-refractivity contribution in [1.29, 1.82) is 0 Å². The van der Waals surface area contributed by atoms with Gasteiger partial charge in [-0.3, -0.25) is 4.79 Å². The molecule has 0 radical (unpaired) electrons. The van der Waals surface area contributed by atoms with E-state index in [2.05, 4.69) is 15.9 Å². The largest absolute Gasteiger partial charge is 0.338 e. The van der Waals surface area contributed by atoms with Crippen molar-refractivity contribution in [3.8, 4) is 0 Å². The Hall–Kier alpha value is -0.540. The van der Waals surface area contributed by atoms with Crippen LogP contribution in [0.15, 0.2) is 18.2 Å². The quantitative estimate of drug-likeness (QED) is 0.749. The van der Waals surface area contributed by atoms with Crippen LogP contribution >= 0.6 is 27.5 Å².